The molecule has 1 fully saturated rings. The van der Waals surface area contributed by atoms with Crippen molar-refractivity contribution in [2.45, 2.75) is 6.42 Å². The number of hydrogen-bond acceptors (Lipinski definition) is 4. The standard InChI is InChI=1S/C20H21FN4O2.2ClH/c21-15-6-7-16-19(18(15)20(26)24-10-12-27-13-11-24)25(17(23-16)8-9-22)14-4-2-1-3-5-14;;/h1-7H,8-13,22H2;2*1H. The van der Waals surface area contributed by atoms with Gasteiger partial charge in [-0.05, 0) is 30.8 Å². The number of benzene rings is 2. The minimum absolute atomic E-state index is 0. The van der Waals surface area contributed by atoms with E-state index in [9.17, 15) is 9.18 Å². The number of aromatic nitrogens is 2. The number of amides is 1. The summed E-state index contributed by atoms with van der Waals surface area (Å²) in [7, 11) is 0. The molecule has 0 unspecified atom stereocenters. The first kappa shape index (κ1) is 23.1. The number of nitrogens with two attached hydrogens (primary N) is 1. The summed E-state index contributed by atoms with van der Waals surface area (Å²) in [5.74, 6) is -0.173. The zero-order valence-corrected chi connectivity index (χ0v) is 17.3. The maximum absolute atomic E-state index is 14.9. The lowest BCUT2D eigenvalue weighted by Crippen LogP contribution is -2.41. The second kappa shape index (κ2) is 10.0. The smallest absolute Gasteiger partial charge is 0.259 e. The van der Waals surface area contributed by atoms with Crippen LogP contribution in [0.1, 0.15) is 16.2 Å². The van der Waals surface area contributed by atoms with Crippen LogP contribution in [0.2, 0.25) is 0 Å². The molecule has 0 spiro atoms. The molecule has 0 bridgehead atoms. The van der Waals surface area contributed by atoms with E-state index >= 15 is 0 Å². The Labute approximate surface area is 180 Å². The number of hydrogen-bond donors (Lipinski definition) is 1. The third-order valence-electron chi connectivity index (χ3n) is 4.73. The van der Waals surface area contributed by atoms with Crippen LogP contribution in [0.25, 0.3) is 16.7 Å². The Bertz CT molecular complexity index is 976. The summed E-state index contributed by atoms with van der Waals surface area (Å²) in [5.41, 5.74) is 7.70. The van der Waals surface area contributed by atoms with Crippen LogP contribution in [-0.2, 0) is 11.2 Å². The molecular weight excluding hydrogens is 418 g/mol. The quantitative estimate of drug-likeness (QED) is 0.676. The van der Waals surface area contributed by atoms with Gasteiger partial charge in [0.05, 0.1) is 24.2 Å². The Morgan fingerprint density at radius 2 is 1.79 bits per heavy atom. The zero-order valence-electron chi connectivity index (χ0n) is 15.7. The number of nitrogens with zero attached hydrogens (tertiary/aromatic N) is 3. The van der Waals surface area contributed by atoms with Gasteiger partial charge in [0, 0.05) is 25.2 Å². The molecular formula is C20H23Cl2FN4O2. The Morgan fingerprint density at radius 3 is 2.45 bits per heavy atom. The van der Waals surface area contributed by atoms with E-state index in [0.29, 0.717) is 56.1 Å². The summed E-state index contributed by atoms with van der Waals surface area (Å²) < 4.78 is 22.0. The lowest BCUT2D eigenvalue weighted by atomic mass is 10.1. The van der Waals surface area contributed by atoms with Crippen LogP contribution < -0.4 is 5.73 Å². The van der Waals surface area contributed by atoms with E-state index in [4.69, 9.17) is 10.5 Å². The molecule has 29 heavy (non-hydrogen) atoms. The number of para-hydroxylation sites is 1. The van der Waals surface area contributed by atoms with E-state index in [0.717, 1.165) is 5.69 Å². The van der Waals surface area contributed by atoms with Gasteiger partial charge >= 0.3 is 0 Å². The van der Waals surface area contributed by atoms with Crippen molar-refractivity contribution >= 4 is 41.8 Å². The minimum atomic E-state index is -0.546. The molecule has 1 aliphatic heterocycles. The van der Waals surface area contributed by atoms with Gasteiger partial charge in [-0.25, -0.2) is 9.37 Å². The Hall–Kier alpha value is -2.19. The van der Waals surface area contributed by atoms with Crippen LogP contribution in [0.5, 0.6) is 0 Å². The van der Waals surface area contributed by atoms with Gasteiger partial charge in [0.15, 0.2) is 0 Å². The van der Waals surface area contributed by atoms with Crippen LogP contribution in [0.3, 0.4) is 0 Å². The highest BCUT2D eigenvalue weighted by Crippen LogP contribution is 2.28. The van der Waals surface area contributed by atoms with E-state index in [1.807, 2.05) is 34.9 Å². The van der Waals surface area contributed by atoms with Crippen molar-refractivity contribution < 1.29 is 13.9 Å². The lowest BCUT2D eigenvalue weighted by Gasteiger charge is -2.27. The molecule has 1 saturated heterocycles. The van der Waals surface area contributed by atoms with Gasteiger partial charge in [0.25, 0.3) is 5.91 Å². The van der Waals surface area contributed by atoms with Crippen molar-refractivity contribution in [2.24, 2.45) is 5.73 Å². The summed E-state index contributed by atoms with van der Waals surface area (Å²) in [5, 5.41) is 0. The SMILES string of the molecule is Cl.Cl.NCCc1nc2ccc(F)c(C(=O)N3CCOCC3)c2n1-c1ccccc1. The van der Waals surface area contributed by atoms with Crippen molar-refractivity contribution in [1.82, 2.24) is 14.5 Å². The lowest BCUT2D eigenvalue weighted by molar-refractivity contribution is 0.0301. The maximum atomic E-state index is 14.9. The van der Waals surface area contributed by atoms with Gasteiger partial charge in [-0.15, -0.1) is 24.8 Å². The van der Waals surface area contributed by atoms with Crippen molar-refractivity contribution in [1.29, 1.82) is 0 Å². The number of carbonyl (C=O) groups is 1. The summed E-state index contributed by atoms with van der Waals surface area (Å²) in [6, 6.07) is 12.5. The van der Waals surface area contributed by atoms with Crippen molar-refractivity contribution in [3.63, 3.8) is 0 Å². The summed E-state index contributed by atoms with van der Waals surface area (Å²) in [4.78, 5) is 19.4. The second-order valence-electron chi connectivity index (χ2n) is 6.43. The fourth-order valence-corrected chi connectivity index (χ4v) is 3.47. The predicted octanol–water partition coefficient (Wildman–Crippen LogP) is 2.98. The van der Waals surface area contributed by atoms with E-state index < -0.39 is 5.82 Å². The van der Waals surface area contributed by atoms with Crippen LogP contribution in [0, 0.1) is 5.82 Å². The molecule has 2 aromatic carbocycles. The van der Waals surface area contributed by atoms with Crippen molar-refractivity contribution in [3.8, 4) is 5.69 Å². The molecule has 9 heteroatoms. The molecule has 1 amide bonds. The van der Waals surface area contributed by atoms with Gasteiger partial charge in [0.1, 0.15) is 17.2 Å². The van der Waals surface area contributed by atoms with Crippen LogP contribution in [0.4, 0.5) is 4.39 Å². The number of halogens is 3. The van der Waals surface area contributed by atoms with Crippen LogP contribution >= 0.6 is 24.8 Å². The molecule has 2 N–H and O–H groups in total. The number of fused-ring (bicyclic) bond motifs is 1. The monoisotopic (exact) mass is 440 g/mol. The normalized spacial score (nSPS) is 13.7. The van der Waals surface area contributed by atoms with Crippen molar-refractivity contribution in [2.75, 3.05) is 32.8 Å². The second-order valence-corrected chi connectivity index (χ2v) is 6.43. The molecule has 1 aromatic heterocycles. The maximum Gasteiger partial charge on any atom is 0.259 e. The van der Waals surface area contributed by atoms with Gasteiger partial charge in [-0.1, -0.05) is 18.2 Å². The summed E-state index contributed by atoms with van der Waals surface area (Å²) in [6.07, 6.45) is 0.524. The first-order valence-electron chi connectivity index (χ1n) is 9.03. The number of carbonyl (C=O) groups excluding carboxylic acids is 1. The fraction of sp³-hybridized carbons (Fsp3) is 0.300. The third kappa shape index (κ3) is 4.38. The third-order valence-corrected chi connectivity index (χ3v) is 4.73. The first-order valence-corrected chi connectivity index (χ1v) is 9.03. The molecule has 3 aromatic rings. The highest BCUT2D eigenvalue weighted by atomic mass is 35.5. The largest absolute Gasteiger partial charge is 0.378 e. The number of rotatable bonds is 4. The summed E-state index contributed by atoms with van der Waals surface area (Å²) >= 11 is 0. The van der Waals surface area contributed by atoms with E-state index in [-0.39, 0.29) is 36.3 Å². The van der Waals surface area contributed by atoms with Gasteiger partial charge in [0.2, 0.25) is 0 Å². The van der Waals surface area contributed by atoms with E-state index in [2.05, 4.69) is 4.98 Å². The van der Waals surface area contributed by atoms with Crippen molar-refractivity contribution in [3.05, 3.63) is 59.7 Å². The first-order chi connectivity index (χ1) is 13.2. The number of morpholine rings is 1. The van der Waals surface area contributed by atoms with Crippen LogP contribution in [-0.4, -0.2) is 53.2 Å². The minimum Gasteiger partial charge on any atom is -0.378 e. The molecule has 0 atom stereocenters. The van der Waals surface area contributed by atoms with Gasteiger partial charge in [-0.3, -0.25) is 9.36 Å². The molecule has 6 nitrogen and oxygen atoms in total. The average molecular weight is 441 g/mol. The molecule has 0 radical (unpaired) electrons. The predicted molar refractivity (Wildman–Crippen MR) is 115 cm³/mol. The van der Waals surface area contributed by atoms with Crippen LogP contribution in [0.15, 0.2) is 42.5 Å². The topological polar surface area (TPSA) is 73.4 Å². The molecule has 0 saturated carbocycles. The Morgan fingerprint density at radius 1 is 1.10 bits per heavy atom. The number of ether oxygens (including phenoxy) is 1. The fourth-order valence-electron chi connectivity index (χ4n) is 3.47. The number of imidazole rings is 1. The van der Waals surface area contributed by atoms with Gasteiger partial charge in [-0.2, -0.15) is 0 Å². The molecule has 4 rings (SSSR count). The Kier molecular flexibility index (Phi) is 7.98. The molecule has 156 valence electrons. The van der Waals surface area contributed by atoms with Gasteiger partial charge < -0.3 is 15.4 Å². The highest BCUT2D eigenvalue weighted by Gasteiger charge is 2.27. The zero-order chi connectivity index (χ0) is 18.8. The summed E-state index contributed by atoms with van der Waals surface area (Å²) in [6.45, 7) is 2.22. The highest BCUT2D eigenvalue weighted by molar-refractivity contribution is 6.06. The molecule has 1 aliphatic rings. The average Bonchev–Trinajstić information content (AvgIpc) is 3.07. The van der Waals surface area contributed by atoms with E-state index in [1.54, 1.807) is 11.0 Å². The Balaban J connectivity index is 0.00000150. The molecule has 2 heterocycles. The molecule has 0 aliphatic carbocycles. The van der Waals surface area contributed by atoms with E-state index in [1.165, 1.54) is 6.07 Å².